The number of rotatable bonds is 1. The van der Waals surface area contributed by atoms with Crippen LogP contribution in [0.5, 0.6) is 0 Å². The van der Waals surface area contributed by atoms with Crippen molar-refractivity contribution in [1.29, 1.82) is 0 Å². The van der Waals surface area contributed by atoms with Crippen LogP contribution in [-0.4, -0.2) is 24.1 Å². The third-order valence-electron chi connectivity index (χ3n) is 1.72. The molecule has 0 saturated heterocycles. The SMILES string of the molecule is COC1=C(C)C(=O)[C@@H](O)C1. The Balaban J connectivity index is 2.83. The molecule has 1 rings (SSSR count). The number of ketones is 1. The van der Waals surface area contributed by atoms with E-state index in [0.717, 1.165) is 0 Å². The first-order valence-electron chi connectivity index (χ1n) is 3.13. The van der Waals surface area contributed by atoms with E-state index in [1.165, 1.54) is 7.11 Å². The molecule has 0 aromatic rings. The van der Waals surface area contributed by atoms with Crippen LogP contribution in [-0.2, 0) is 9.53 Å². The number of ether oxygens (including phenoxy) is 1. The van der Waals surface area contributed by atoms with Gasteiger partial charge in [0.2, 0.25) is 0 Å². The van der Waals surface area contributed by atoms with Gasteiger partial charge in [-0.3, -0.25) is 4.79 Å². The number of Topliss-reactive ketones (excluding diaryl/α,β-unsaturated/α-hetero) is 1. The molecule has 0 spiro atoms. The molecule has 0 bridgehead atoms. The van der Waals surface area contributed by atoms with Crippen molar-refractivity contribution in [2.24, 2.45) is 0 Å². The molecule has 0 amide bonds. The van der Waals surface area contributed by atoms with Gasteiger partial charge in [-0.1, -0.05) is 0 Å². The first-order chi connectivity index (χ1) is 4.66. The zero-order valence-electron chi connectivity index (χ0n) is 6.05. The van der Waals surface area contributed by atoms with Gasteiger partial charge in [0.05, 0.1) is 7.11 Å². The molecule has 0 aliphatic heterocycles. The molecule has 1 atom stereocenters. The Kier molecular flexibility index (Phi) is 1.76. The molecular formula is C7H10O3. The molecule has 0 heterocycles. The Morgan fingerprint density at radius 3 is 2.50 bits per heavy atom. The first kappa shape index (κ1) is 7.28. The van der Waals surface area contributed by atoms with Crippen molar-refractivity contribution in [3.05, 3.63) is 11.3 Å². The first-order valence-corrected chi connectivity index (χ1v) is 3.13. The van der Waals surface area contributed by atoms with Gasteiger partial charge in [0, 0.05) is 12.0 Å². The maximum absolute atomic E-state index is 10.9. The third kappa shape index (κ3) is 0.926. The number of aliphatic hydroxyl groups is 1. The lowest BCUT2D eigenvalue weighted by molar-refractivity contribution is -0.122. The highest BCUT2D eigenvalue weighted by Gasteiger charge is 2.29. The topological polar surface area (TPSA) is 46.5 Å². The van der Waals surface area contributed by atoms with E-state index < -0.39 is 6.10 Å². The van der Waals surface area contributed by atoms with Crippen molar-refractivity contribution < 1.29 is 14.6 Å². The minimum Gasteiger partial charge on any atom is -0.501 e. The Hall–Kier alpha value is -0.830. The van der Waals surface area contributed by atoms with E-state index in [-0.39, 0.29) is 5.78 Å². The molecule has 3 nitrogen and oxygen atoms in total. The number of methoxy groups -OCH3 is 1. The highest BCUT2D eigenvalue weighted by Crippen LogP contribution is 2.22. The van der Waals surface area contributed by atoms with Gasteiger partial charge in [0.25, 0.3) is 0 Å². The molecular weight excluding hydrogens is 132 g/mol. The predicted octanol–water partition coefficient (Wildman–Crippen LogP) is 0.240. The monoisotopic (exact) mass is 142 g/mol. The number of carbonyl (C=O) groups is 1. The lowest BCUT2D eigenvalue weighted by Crippen LogP contribution is -2.13. The quantitative estimate of drug-likeness (QED) is 0.570. The smallest absolute Gasteiger partial charge is 0.190 e. The highest BCUT2D eigenvalue weighted by atomic mass is 16.5. The number of hydrogen-bond acceptors (Lipinski definition) is 3. The summed E-state index contributed by atoms with van der Waals surface area (Å²) in [6.45, 7) is 1.66. The normalized spacial score (nSPS) is 25.9. The fourth-order valence-electron chi connectivity index (χ4n) is 1.05. The van der Waals surface area contributed by atoms with E-state index in [9.17, 15) is 4.79 Å². The average molecular weight is 142 g/mol. The van der Waals surface area contributed by atoms with Crippen molar-refractivity contribution in [1.82, 2.24) is 0 Å². The van der Waals surface area contributed by atoms with Gasteiger partial charge in [0.15, 0.2) is 5.78 Å². The van der Waals surface area contributed by atoms with Crippen LogP contribution < -0.4 is 0 Å². The van der Waals surface area contributed by atoms with Crippen molar-refractivity contribution >= 4 is 5.78 Å². The summed E-state index contributed by atoms with van der Waals surface area (Å²) in [6.07, 6.45) is -0.531. The van der Waals surface area contributed by atoms with Crippen LogP contribution in [0.2, 0.25) is 0 Å². The minimum absolute atomic E-state index is 0.211. The average Bonchev–Trinajstić information content (AvgIpc) is 2.17. The maximum atomic E-state index is 10.9. The summed E-state index contributed by atoms with van der Waals surface area (Å²) in [5.41, 5.74) is 0.551. The van der Waals surface area contributed by atoms with Gasteiger partial charge >= 0.3 is 0 Å². The Bertz CT molecular complexity index is 193. The second-order valence-corrected chi connectivity index (χ2v) is 2.34. The molecule has 0 radical (unpaired) electrons. The molecule has 0 saturated carbocycles. The van der Waals surface area contributed by atoms with E-state index >= 15 is 0 Å². The molecule has 0 unspecified atom stereocenters. The largest absolute Gasteiger partial charge is 0.501 e. The summed E-state index contributed by atoms with van der Waals surface area (Å²) in [7, 11) is 1.50. The lowest BCUT2D eigenvalue weighted by atomic mass is 10.2. The Morgan fingerprint density at radius 1 is 1.70 bits per heavy atom. The van der Waals surface area contributed by atoms with Gasteiger partial charge in [-0.05, 0) is 6.92 Å². The second kappa shape index (κ2) is 2.42. The molecule has 1 aliphatic rings. The molecule has 0 fully saturated rings. The van der Waals surface area contributed by atoms with E-state index in [4.69, 9.17) is 9.84 Å². The zero-order valence-corrected chi connectivity index (χ0v) is 6.05. The minimum atomic E-state index is -0.866. The molecule has 10 heavy (non-hydrogen) atoms. The summed E-state index contributed by atoms with van der Waals surface area (Å²) in [6, 6.07) is 0. The number of aliphatic hydroxyl groups excluding tert-OH is 1. The van der Waals surface area contributed by atoms with Gasteiger partial charge in [-0.15, -0.1) is 0 Å². The highest BCUT2D eigenvalue weighted by molar-refractivity contribution is 6.01. The van der Waals surface area contributed by atoms with Crippen LogP contribution in [0, 0.1) is 0 Å². The van der Waals surface area contributed by atoms with Gasteiger partial charge in [-0.2, -0.15) is 0 Å². The molecule has 0 aromatic carbocycles. The molecule has 3 heteroatoms. The standard InChI is InChI=1S/C7H10O3/c1-4-6(10-2)3-5(8)7(4)9/h5,8H,3H2,1-2H3/t5-/m0/s1. The van der Waals surface area contributed by atoms with Crippen LogP contribution in [0.4, 0.5) is 0 Å². The third-order valence-corrected chi connectivity index (χ3v) is 1.72. The summed E-state index contributed by atoms with van der Waals surface area (Å²) >= 11 is 0. The van der Waals surface area contributed by atoms with Gasteiger partial charge in [0.1, 0.15) is 11.9 Å². The van der Waals surface area contributed by atoms with Crippen LogP contribution in [0.1, 0.15) is 13.3 Å². The molecule has 0 aromatic heterocycles. The fraction of sp³-hybridized carbons (Fsp3) is 0.571. The van der Waals surface area contributed by atoms with E-state index in [1.807, 2.05) is 0 Å². The summed E-state index contributed by atoms with van der Waals surface area (Å²) in [5.74, 6) is 0.398. The summed E-state index contributed by atoms with van der Waals surface area (Å²) in [4.78, 5) is 10.9. The second-order valence-electron chi connectivity index (χ2n) is 2.34. The molecule has 56 valence electrons. The predicted molar refractivity (Wildman–Crippen MR) is 35.3 cm³/mol. The van der Waals surface area contributed by atoms with Crippen molar-refractivity contribution in [2.45, 2.75) is 19.4 Å². The maximum Gasteiger partial charge on any atom is 0.190 e. The molecule has 1 N–H and O–H groups in total. The summed E-state index contributed by atoms with van der Waals surface area (Å²) < 4.78 is 4.86. The van der Waals surface area contributed by atoms with Crippen molar-refractivity contribution in [3.63, 3.8) is 0 Å². The van der Waals surface area contributed by atoms with E-state index in [1.54, 1.807) is 6.92 Å². The lowest BCUT2D eigenvalue weighted by Gasteiger charge is -1.98. The number of carbonyl (C=O) groups excluding carboxylic acids is 1. The fourth-order valence-corrected chi connectivity index (χ4v) is 1.05. The van der Waals surface area contributed by atoms with Crippen LogP contribution in [0.25, 0.3) is 0 Å². The van der Waals surface area contributed by atoms with Gasteiger partial charge in [-0.25, -0.2) is 0 Å². The van der Waals surface area contributed by atoms with Crippen LogP contribution in [0.3, 0.4) is 0 Å². The van der Waals surface area contributed by atoms with E-state index in [0.29, 0.717) is 17.8 Å². The molecule has 1 aliphatic carbocycles. The number of hydrogen-bond donors (Lipinski definition) is 1. The zero-order chi connectivity index (χ0) is 7.72. The van der Waals surface area contributed by atoms with Crippen molar-refractivity contribution in [3.8, 4) is 0 Å². The van der Waals surface area contributed by atoms with Crippen LogP contribution >= 0.6 is 0 Å². The van der Waals surface area contributed by atoms with Crippen molar-refractivity contribution in [2.75, 3.05) is 7.11 Å². The van der Waals surface area contributed by atoms with Crippen LogP contribution in [0.15, 0.2) is 11.3 Å². The Morgan fingerprint density at radius 2 is 2.30 bits per heavy atom. The Labute approximate surface area is 59.3 Å². The summed E-state index contributed by atoms with van der Waals surface area (Å²) in [5, 5.41) is 9.00. The van der Waals surface area contributed by atoms with Gasteiger partial charge < -0.3 is 9.84 Å². The van der Waals surface area contributed by atoms with E-state index in [2.05, 4.69) is 0 Å².